The van der Waals surface area contributed by atoms with Gasteiger partial charge in [-0.1, -0.05) is 90.5 Å². The van der Waals surface area contributed by atoms with Gasteiger partial charge in [0.15, 0.2) is 0 Å². The van der Waals surface area contributed by atoms with Crippen LogP contribution in [0.25, 0.3) is 0 Å². The summed E-state index contributed by atoms with van der Waals surface area (Å²) in [5.41, 5.74) is 4.31. The first-order valence-corrected chi connectivity index (χ1v) is 11.4. The maximum absolute atomic E-state index is 14.0. The minimum absolute atomic E-state index is 0.0766. The Morgan fingerprint density at radius 1 is 0.938 bits per heavy atom. The van der Waals surface area contributed by atoms with Gasteiger partial charge >= 0.3 is 0 Å². The molecule has 166 valence electrons. The molecule has 4 rings (SSSR count). The Balaban J connectivity index is 1.68. The van der Waals surface area contributed by atoms with Gasteiger partial charge in [-0.25, -0.2) is 0 Å². The van der Waals surface area contributed by atoms with Gasteiger partial charge in [0.2, 0.25) is 5.91 Å². The van der Waals surface area contributed by atoms with Crippen molar-refractivity contribution < 1.29 is 9.90 Å². The van der Waals surface area contributed by atoms with Crippen molar-refractivity contribution in [3.63, 3.8) is 0 Å². The van der Waals surface area contributed by atoms with E-state index in [0.717, 1.165) is 29.7 Å². The van der Waals surface area contributed by atoms with Crippen LogP contribution in [0.2, 0.25) is 0 Å². The van der Waals surface area contributed by atoms with E-state index in [4.69, 9.17) is 0 Å². The van der Waals surface area contributed by atoms with Crippen molar-refractivity contribution in [1.82, 2.24) is 9.80 Å². The predicted octanol–water partition coefficient (Wildman–Crippen LogP) is 4.39. The zero-order valence-electron chi connectivity index (χ0n) is 18.9. The zero-order valence-corrected chi connectivity index (χ0v) is 18.9. The second-order valence-corrected chi connectivity index (χ2v) is 8.83. The average molecular weight is 429 g/mol. The van der Waals surface area contributed by atoms with Crippen LogP contribution in [0.1, 0.15) is 40.6 Å². The molecule has 4 heteroatoms. The Morgan fingerprint density at radius 3 is 2.00 bits per heavy atom. The largest absolute Gasteiger partial charge is 0.392 e. The summed E-state index contributed by atoms with van der Waals surface area (Å²) >= 11 is 0. The van der Waals surface area contributed by atoms with Crippen molar-refractivity contribution in [3.8, 4) is 0 Å². The lowest BCUT2D eigenvalue weighted by Crippen LogP contribution is -2.41. The smallest absolute Gasteiger partial charge is 0.234 e. The minimum Gasteiger partial charge on any atom is -0.392 e. The van der Waals surface area contributed by atoms with Crippen LogP contribution in [0, 0.1) is 6.92 Å². The van der Waals surface area contributed by atoms with Gasteiger partial charge in [-0.15, -0.1) is 0 Å². The first kappa shape index (κ1) is 22.3. The van der Waals surface area contributed by atoms with E-state index in [1.807, 2.05) is 72.6 Å². The molecule has 3 aromatic rings. The fourth-order valence-corrected chi connectivity index (χ4v) is 4.59. The third-order valence-corrected chi connectivity index (χ3v) is 6.47. The number of β-amino-alcohol motifs (C(OH)–C–C–N with tert-alkyl or cyclic N) is 1. The van der Waals surface area contributed by atoms with Crippen molar-refractivity contribution in [2.75, 3.05) is 26.7 Å². The normalized spacial score (nSPS) is 17.4. The van der Waals surface area contributed by atoms with E-state index in [0.29, 0.717) is 13.1 Å². The number of hydrogen-bond donors (Lipinski definition) is 1. The maximum atomic E-state index is 14.0. The van der Waals surface area contributed by atoms with E-state index in [9.17, 15) is 9.90 Å². The summed E-state index contributed by atoms with van der Waals surface area (Å²) in [5, 5.41) is 10.0. The van der Waals surface area contributed by atoms with Gasteiger partial charge in [-0.05, 0) is 30.0 Å². The van der Waals surface area contributed by atoms with Crippen LogP contribution >= 0.6 is 0 Å². The number of carbonyl (C=O) groups excluding carboxylic acids is 1. The van der Waals surface area contributed by atoms with Gasteiger partial charge in [0.1, 0.15) is 0 Å². The summed E-state index contributed by atoms with van der Waals surface area (Å²) < 4.78 is 0. The van der Waals surface area contributed by atoms with Crippen molar-refractivity contribution in [1.29, 1.82) is 0 Å². The fraction of sp³-hybridized carbons (Fsp3) is 0.321. The molecule has 0 spiro atoms. The molecule has 1 heterocycles. The van der Waals surface area contributed by atoms with Gasteiger partial charge in [-0.3, -0.25) is 9.69 Å². The minimum atomic E-state index is -0.362. The number of rotatable bonds is 7. The molecule has 0 saturated carbocycles. The molecule has 1 aliphatic rings. The molecule has 0 bridgehead atoms. The number of aliphatic hydroxyl groups is 1. The molecule has 32 heavy (non-hydrogen) atoms. The number of carbonyl (C=O) groups is 1. The molecule has 1 saturated heterocycles. The second kappa shape index (κ2) is 10.1. The molecule has 0 unspecified atom stereocenters. The fourth-order valence-electron chi connectivity index (χ4n) is 4.59. The molecule has 1 N–H and O–H groups in total. The zero-order chi connectivity index (χ0) is 22.5. The molecule has 1 amide bonds. The molecule has 1 fully saturated rings. The SMILES string of the molecule is Cc1ccc([C@@H](CN2CC[C@H](O)C2)N(C)C(=O)C(c2ccccc2)c2ccccc2)cc1. The molecule has 0 radical (unpaired) electrons. The first-order valence-electron chi connectivity index (χ1n) is 11.4. The first-order chi connectivity index (χ1) is 15.5. The highest BCUT2D eigenvalue weighted by atomic mass is 16.3. The van der Waals surface area contributed by atoms with Gasteiger partial charge in [0.05, 0.1) is 18.1 Å². The summed E-state index contributed by atoms with van der Waals surface area (Å²) in [5.74, 6) is -0.285. The topological polar surface area (TPSA) is 43.8 Å². The Kier molecular flexibility index (Phi) is 7.03. The van der Waals surface area contributed by atoms with Gasteiger partial charge in [-0.2, -0.15) is 0 Å². The molecule has 1 aliphatic heterocycles. The number of aryl methyl sites for hydroxylation is 1. The van der Waals surface area contributed by atoms with Crippen LogP contribution in [0.4, 0.5) is 0 Å². The molecule has 2 atom stereocenters. The third kappa shape index (κ3) is 5.09. The summed E-state index contributed by atoms with van der Waals surface area (Å²) in [6.45, 7) is 4.29. The Bertz CT molecular complexity index is 965. The number of likely N-dealkylation sites (N-methyl/N-ethyl adjacent to an activating group) is 1. The Hall–Kier alpha value is -2.95. The third-order valence-electron chi connectivity index (χ3n) is 6.47. The lowest BCUT2D eigenvalue weighted by molar-refractivity contribution is -0.133. The van der Waals surface area contributed by atoms with E-state index in [2.05, 4.69) is 36.1 Å². The molecule has 0 aromatic heterocycles. The van der Waals surface area contributed by atoms with E-state index in [1.165, 1.54) is 5.56 Å². The quantitative estimate of drug-likeness (QED) is 0.607. The van der Waals surface area contributed by atoms with Crippen molar-refractivity contribution in [2.45, 2.75) is 31.4 Å². The lowest BCUT2D eigenvalue weighted by Gasteiger charge is -2.34. The number of likely N-dealkylation sites (tertiary alicyclic amines) is 1. The predicted molar refractivity (Wildman–Crippen MR) is 128 cm³/mol. The summed E-state index contributed by atoms with van der Waals surface area (Å²) in [4.78, 5) is 18.2. The van der Waals surface area contributed by atoms with E-state index < -0.39 is 0 Å². The second-order valence-electron chi connectivity index (χ2n) is 8.83. The monoisotopic (exact) mass is 428 g/mol. The maximum Gasteiger partial charge on any atom is 0.234 e. The average Bonchev–Trinajstić information content (AvgIpc) is 3.24. The van der Waals surface area contributed by atoms with Gasteiger partial charge < -0.3 is 10.0 Å². The molecule has 3 aromatic carbocycles. The van der Waals surface area contributed by atoms with Crippen LogP contribution in [0.3, 0.4) is 0 Å². The van der Waals surface area contributed by atoms with Crippen LogP contribution in [0.15, 0.2) is 84.9 Å². The standard InChI is InChI=1S/C28H32N2O2/c1-21-13-15-22(16-14-21)26(20-30-18-17-25(31)19-30)29(2)28(32)27(23-9-5-3-6-10-23)24-11-7-4-8-12-24/h3-16,25-27,31H,17-20H2,1-2H3/t25-,26+/m0/s1. The molecule has 4 nitrogen and oxygen atoms in total. The molecule has 0 aliphatic carbocycles. The van der Waals surface area contributed by atoms with Crippen molar-refractivity contribution in [3.05, 3.63) is 107 Å². The Morgan fingerprint density at radius 2 is 1.50 bits per heavy atom. The molecular formula is C28H32N2O2. The van der Waals surface area contributed by atoms with Gasteiger partial charge in [0.25, 0.3) is 0 Å². The van der Waals surface area contributed by atoms with Crippen LogP contribution in [-0.2, 0) is 4.79 Å². The number of hydrogen-bond acceptors (Lipinski definition) is 3. The van der Waals surface area contributed by atoms with E-state index in [-0.39, 0.29) is 24.0 Å². The summed E-state index contributed by atoms with van der Waals surface area (Å²) in [6, 6.07) is 28.4. The lowest BCUT2D eigenvalue weighted by atomic mass is 9.89. The van der Waals surface area contributed by atoms with E-state index in [1.54, 1.807) is 0 Å². The number of aliphatic hydroxyl groups excluding tert-OH is 1. The van der Waals surface area contributed by atoms with Crippen molar-refractivity contribution >= 4 is 5.91 Å². The van der Waals surface area contributed by atoms with Crippen LogP contribution < -0.4 is 0 Å². The molecular weight excluding hydrogens is 396 g/mol. The highest BCUT2D eigenvalue weighted by Crippen LogP contribution is 2.31. The van der Waals surface area contributed by atoms with Crippen molar-refractivity contribution in [2.24, 2.45) is 0 Å². The number of nitrogens with zero attached hydrogens (tertiary/aromatic N) is 2. The Labute approximate surface area is 191 Å². The number of benzene rings is 3. The van der Waals surface area contributed by atoms with Gasteiger partial charge in [0, 0.05) is 26.7 Å². The summed E-state index contributed by atoms with van der Waals surface area (Å²) in [7, 11) is 1.91. The highest BCUT2D eigenvalue weighted by Gasteiger charge is 2.32. The number of amides is 1. The highest BCUT2D eigenvalue weighted by molar-refractivity contribution is 5.87. The van der Waals surface area contributed by atoms with Crippen LogP contribution in [-0.4, -0.2) is 53.6 Å². The summed E-state index contributed by atoms with van der Waals surface area (Å²) in [6.07, 6.45) is 0.505. The van der Waals surface area contributed by atoms with Crippen LogP contribution in [0.5, 0.6) is 0 Å². The van der Waals surface area contributed by atoms with E-state index >= 15 is 0 Å².